The highest BCUT2D eigenvalue weighted by atomic mass is 32.2. The van der Waals surface area contributed by atoms with E-state index < -0.39 is 10.0 Å². The Balaban J connectivity index is 1.45. The zero-order valence-corrected chi connectivity index (χ0v) is 12.3. The molecule has 2 heterocycles. The molecular weight excluding hydrogens is 278 g/mol. The number of H-pyrrole nitrogens is 1. The van der Waals surface area contributed by atoms with Gasteiger partial charge < -0.3 is 4.74 Å². The third-order valence-corrected chi connectivity index (χ3v) is 5.22. The van der Waals surface area contributed by atoms with Crippen molar-refractivity contribution in [3.8, 4) is 0 Å². The molecule has 1 saturated carbocycles. The van der Waals surface area contributed by atoms with E-state index in [0.29, 0.717) is 12.3 Å². The molecule has 3 rings (SSSR count). The van der Waals surface area contributed by atoms with E-state index >= 15 is 0 Å². The van der Waals surface area contributed by atoms with Crippen molar-refractivity contribution in [1.29, 1.82) is 0 Å². The topological polar surface area (TPSA) is 84.1 Å². The van der Waals surface area contributed by atoms with Crippen LogP contribution in [-0.2, 0) is 21.3 Å². The smallest absolute Gasteiger partial charge is 0.212 e. The molecule has 2 N–H and O–H groups in total. The maximum atomic E-state index is 11.9. The first-order valence-electron chi connectivity index (χ1n) is 7.25. The van der Waals surface area contributed by atoms with Gasteiger partial charge in [-0.15, -0.1) is 0 Å². The lowest BCUT2D eigenvalue weighted by atomic mass is 10.2. The molecule has 1 aliphatic heterocycles. The normalized spacial score (nSPS) is 23.3. The van der Waals surface area contributed by atoms with Crippen LogP contribution in [0.15, 0.2) is 6.07 Å². The summed E-state index contributed by atoms with van der Waals surface area (Å²) in [5.41, 5.74) is 1.88. The van der Waals surface area contributed by atoms with Gasteiger partial charge in [0.15, 0.2) is 0 Å². The average molecular weight is 299 g/mol. The number of sulfonamides is 1. The lowest BCUT2D eigenvalue weighted by Gasteiger charge is -2.10. The number of aromatic nitrogens is 2. The summed E-state index contributed by atoms with van der Waals surface area (Å²) in [5.74, 6) is 0.706. The maximum Gasteiger partial charge on any atom is 0.212 e. The van der Waals surface area contributed by atoms with Gasteiger partial charge in [-0.1, -0.05) is 0 Å². The van der Waals surface area contributed by atoms with Crippen LogP contribution in [0, 0.1) is 0 Å². The summed E-state index contributed by atoms with van der Waals surface area (Å²) in [7, 11) is -3.24. The van der Waals surface area contributed by atoms with E-state index in [9.17, 15) is 8.42 Å². The first kappa shape index (κ1) is 14.0. The molecule has 20 heavy (non-hydrogen) atoms. The van der Waals surface area contributed by atoms with Gasteiger partial charge in [0.1, 0.15) is 0 Å². The third kappa shape index (κ3) is 3.80. The van der Waals surface area contributed by atoms with Crippen molar-refractivity contribution in [1.82, 2.24) is 14.9 Å². The molecule has 1 saturated heterocycles. The van der Waals surface area contributed by atoms with E-state index in [2.05, 4.69) is 14.9 Å². The Hall–Kier alpha value is -0.920. The average Bonchev–Trinajstić information content (AvgIpc) is 2.96. The van der Waals surface area contributed by atoms with Gasteiger partial charge in [-0.3, -0.25) is 5.10 Å². The van der Waals surface area contributed by atoms with E-state index in [0.717, 1.165) is 30.8 Å². The summed E-state index contributed by atoms with van der Waals surface area (Å²) < 4.78 is 31.9. The molecule has 6 nitrogen and oxygen atoms in total. The number of hydrogen-bond donors (Lipinski definition) is 2. The predicted molar refractivity (Wildman–Crippen MR) is 74.8 cm³/mol. The van der Waals surface area contributed by atoms with Crippen LogP contribution >= 0.6 is 0 Å². The first-order valence-corrected chi connectivity index (χ1v) is 8.91. The molecule has 1 aromatic heterocycles. The van der Waals surface area contributed by atoms with Crippen LogP contribution < -0.4 is 4.72 Å². The highest BCUT2D eigenvalue weighted by Gasteiger charge is 2.26. The van der Waals surface area contributed by atoms with Crippen molar-refractivity contribution in [2.24, 2.45) is 0 Å². The standard InChI is InChI=1S/C13H21N3O3S/c17-20(18,7-5-12-2-1-6-19-12)14-9-11-8-13(16-15-11)10-3-4-10/h8,10,12,14H,1-7,9H2,(H,15,16). The summed E-state index contributed by atoms with van der Waals surface area (Å²) in [6, 6.07) is 1.96. The van der Waals surface area contributed by atoms with Crippen molar-refractivity contribution >= 4 is 10.0 Å². The van der Waals surface area contributed by atoms with Gasteiger partial charge in [0.2, 0.25) is 10.0 Å². The summed E-state index contributed by atoms with van der Waals surface area (Å²) in [4.78, 5) is 0. The van der Waals surface area contributed by atoms with Gasteiger partial charge in [0, 0.05) is 12.5 Å². The third-order valence-electron chi connectivity index (χ3n) is 3.86. The van der Waals surface area contributed by atoms with Crippen LogP contribution in [0.25, 0.3) is 0 Å². The summed E-state index contributed by atoms with van der Waals surface area (Å²) in [5, 5.41) is 7.10. The minimum absolute atomic E-state index is 0.111. The van der Waals surface area contributed by atoms with E-state index in [4.69, 9.17) is 4.74 Å². The Kier molecular flexibility index (Phi) is 4.09. The molecular formula is C13H21N3O3S. The molecule has 1 atom stereocenters. The number of ether oxygens (including phenoxy) is 1. The number of rotatable bonds is 7. The van der Waals surface area contributed by atoms with E-state index in [1.807, 2.05) is 6.07 Å². The number of hydrogen-bond acceptors (Lipinski definition) is 4. The Bertz CT molecular complexity index is 545. The fourth-order valence-electron chi connectivity index (χ4n) is 2.48. The van der Waals surface area contributed by atoms with Gasteiger partial charge in [-0.05, 0) is 38.2 Å². The number of nitrogens with zero attached hydrogens (tertiary/aromatic N) is 1. The van der Waals surface area contributed by atoms with E-state index in [1.54, 1.807) is 0 Å². The predicted octanol–water partition coefficient (Wildman–Crippen LogP) is 1.28. The van der Waals surface area contributed by atoms with Gasteiger partial charge in [-0.2, -0.15) is 5.10 Å². The van der Waals surface area contributed by atoms with Crippen molar-refractivity contribution in [2.45, 2.75) is 50.7 Å². The lowest BCUT2D eigenvalue weighted by molar-refractivity contribution is 0.109. The van der Waals surface area contributed by atoms with Crippen LogP contribution in [0.4, 0.5) is 0 Å². The minimum Gasteiger partial charge on any atom is -0.378 e. The van der Waals surface area contributed by atoms with E-state index in [-0.39, 0.29) is 18.4 Å². The molecule has 0 bridgehead atoms. The Labute approximate surface area is 119 Å². The first-order chi connectivity index (χ1) is 9.62. The molecule has 0 aromatic carbocycles. The second-order valence-electron chi connectivity index (χ2n) is 5.66. The molecule has 0 amide bonds. The zero-order chi connectivity index (χ0) is 14.0. The largest absolute Gasteiger partial charge is 0.378 e. The molecule has 2 fully saturated rings. The second-order valence-corrected chi connectivity index (χ2v) is 7.58. The summed E-state index contributed by atoms with van der Waals surface area (Å²) in [6.45, 7) is 1.05. The number of nitrogens with one attached hydrogen (secondary N) is 2. The van der Waals surface area contributed by atoms with Gasteiger partial charge in [0.25, 0.3) is 0 Å². The SMILES string of the molecule is O=S(=O)(CCC1CCCO1)NCc1cc(C2CC2)n[nH]1. The van der Waals surface area contributed by atoms with E-state index in [1.165, 1.54) is 12.8 Å². The molecule has 112 valence electrons. The molecule has 1 aliphatic carbocycles. The van der Waals surface area contributed by atoms with Crippen LogP contribution in [0.1, 0.15) is 49.4 Å². The molecule has 0 spiro atoms. The molecule has 1 unspecified atom stereocenters. The summed E-state index contributed by atoms with van der Waals surface area (Å²) in [6.07, 6.45) is 5.08. The van der Waals surface area contributed by atoms with Gasteiger partial charge in [-0.25, -0.2) is 13.1 Å². The fraction of sp³-hybridized carbons (Fsp3) is 0.769. The van der Waals surface area contributed by atoms with Crippen LogP contribution in [-0.4, -0.2) is 37.1 Å². The quantitative estimate of drug-likeness (QED) is 0.794. The lowest BCUT2D eigenvalue weighted by Crippen LogP contribution is -2.28. The monoisotopic (exact) mass is 299 g/mol. The van der Waals surface area contributed by atoms with Crippen LogP contribution in [0.5, 0.6) is 0 Å². The van der Waals surface area contributed by atoms with Gasteiger partial charge >= 0.3 is 0 Å². The zero-order valence-electron chi connectivity index (χ0n) is 11.5. The second kappa shape index (κ2) is 5.83. The Morgan fingerprint density at radius 3 is 2.95 bits per heavy atom. The van der Waals surface area contributed by atoms with Gasteiger partial charge in [0.05, 0.1) is 29.8 Å². The van der Waals surface area contributed by atoms with Crippen molar-refractivity contribution < 1.29 is 13.2 Å². The highest BCUT2D eigenvalue weighted by Crippen LogP contribution is 2.38. The maximum absolute atomic E-state index is 11.9. The van der Waals surface area contributed by atoms with Crippen LogP contribution in [0.2, 0.25) is 0 Å². The molecule has 2 aliphatic rings. The Morgan fingerprint density at radius 2 is 2.25 bits per heavy atom. The Morgan fingerprint density at radius 1 is 1.40 bits per heavy atom. The molecule has 0 radical (unpaired) electrons. The minimum atomic E-state index is -3.24. The van der Waals surface area contributed by atoms with Crippen molar-refractivity contribution in [3.05, 3.63) is 17.5 Å². The number of aromatic amines is 1. The fourth-order valence-corrected chi connectivity index (χ4v) is 3.57. The molecule has 1 aromatic rings. The molecule has 7 heteroatoms. The van der Waals surface area contributed by atoms with Crippen LogP contribution in [0.3, 0.4) is 0 Å². The van der Waals surface area contributed by atoms with Crippen molar-refractivity contribution in [2.75, 3.05) is 12.4 Å². The highest BCUT2D eigenvalue weighted by molar-refractivity contribution is 7.89. The summed E-state index contributed by atoms with van der Waals surface area (Å²) >= 11 is 0. The van der Waals surface area contributed by atoms with Crippen molar-refractivity contribution in [3.63, 3.8) is 0 Å².